The van der Waals surface area contributed by atoms with E-state index in [0.29, 0.717) is 46.6 Å². The Labute approximate surface area is 283 Å². The van der Waals surface area contributed by atoms with E-state index in [4.69, 9.17) is 28.4 Å². The highest BCUT2D eigenvalue weighted by molar-refractivity contribution is 5.95. The van der Waals surface area contributed by atoms with Crippen LogP contribution >= 0.6 is 0 Å². The van der Waals surface area contributed by atoms with Crippen LogP contribution in [0, 0.1) is 0 Å². The normalized spacial score (nSPS) is 17.8. The predicted molar refractivity (Wildman–Crippen MR) is 174 cm³/mol. The molecule has 3 aromatic rings. The summed E-state index contributed by atoms with van der Waals surface area (Å²) in [6.45, 7) is 1.68. The van der Waals surface area contributed by atoms with Gasteiger partial charge in [0.2, 0.25) is 5.91 Å². The van der Waals surface area contributed by atoms with Crippen LogP contribution in [-0.4, -0.2) is 99.4 Å². The Bertz CT molecular complexity index is 1700. The first-order valence-electron chi connectivity index (χ1n) is 16.0. The molecule has 14 nitrogen and oxygen atoms in total. The number of amides is 4. The molecule has 6 bridgehead atoms. The second-order valence-corrected chi connectivity index (χ2v) is 11.7. The van der Waals surface area contributed by atoms with Crippen LogP contribution in [-0.2, 0) is 20.9 Å². The molecule has 49 heavy (non-hydrogen) atoms. The fourth-order valence-corrected chi connectivity index (χ4v) is 5.85. The first-order valence-corrected chi connectivity index (χ1v) is 16.0. The van der Waals surface area contributed by atoms with Crippen molar-refractivity contribution in [2.75, 3.05) is 60.2 Å². The molecule has 1 spiro atoms. The largest absolute Gasteiger partial charge is 0.493 e. The number of methoxy groups -OCH3 is 2. The standard InChI is InChI=1S/C35H38N4O10/c1-44-29-19-23-3-9-27(29)48-28-10-4-24(20-30(28)45-2)32(41)36-13-17-46-25-5-7-26(8-6-25)49-35(33(42)37-21-23)11-14-38(15-12-35)31(40)22-39-16-18-47-34(39)43/h3-10,19-20H,11-18,21-22H2,1-2H3,(H,36,41)(H,37,42). The Morgan fingerprint density at radius 3 is 2.20 bits per heavy atom. The molecule has 8 aliphatic rings. The van der Waals surface area contributed by atoms with E-state index in [1.54, 1.807) is 65.6 Å². The summed E-state index contributed by atoms with van der Waals surface area (Å²) in [4.78, 5) is 54.7. The molecule has 0 aromatic heterocycles. The molecule has 2 N–H and O–H groups in total. The van der Waals surface area contributed by atoms with Crippen LogP contribution in [0.1, 0.15) is 28.8 Å². The lowest BCUT2D eigenvalue weighted by atomic mass is 9.89. The maximum absolute atomic E-state index is 14.0. The van der Waals surface area contributed by atoms with Crippen molar-refractivity contribution in [3.05, 3.63) is 71.8 Å². The van der Waals surface area contributed by atoms with Crippen molar-refractivity contribution in [3.63, 3.8) is 0 Å². The van der Waals surface area contributed by atoms with Crippen molar-refractivity contribution in [2.24, 2.45) is 0 Å². The Kier molecular flexibility index (Phi) is 9.92. The number of nitrogens with zero attached hydrogens (tertiary/aromatic N) is 2. The molecule has 0 aliphatic carbocycles. The van der Waals surface area contributed by atoms with Gasteiger partial charge in [-0.25, -0.2) is 4.79 Å². The number of hydrogen-bond donors (Lipinski definition) is 2. The summed E-state index contributed by atoms with van der Waals surface area (Å²) < 4.78 is 34.4. The number of piperidine rings is 1. The van der Waals surface area contributed by atoms with E-state index < -0.39 is 11.7 Å². The molecule has 8 aliphatic heterocycles. The molecule has 0 radical (unpaired) electrons. The highest BCUT2D eigenvalue weighted by Crippen LogP contribution is 2.38. The van der Waals surface area contributed by atoms with Gasteiger partial charge in [0.05, 0.1) is 27.3 Å². The lowest BCUT2D eigenvalue weighted by molar-refractivity contribution is -0.146. The molecule has 4 amide bonds. The molecule has 0 atom stereocenters. The number of cyclic esters (lactones) is 1. The number of carbonyl (C=O) groups excluding carboxylic acids is 4. The van der Waals surface area contributed by atoms with Crippen LogP contribution in [0.25, 0.3) is 0 Å². The van der Waals surface area contributed by atoms with E-state index in [1.807, 2.05) is 0 Å². The van der Waals surface area contributed by atoms with Gasteiger partial charge < -0.3 is 44.0 Å². The van der Waals surface area contributed by atoms with Crippen molar-refractivity contribution >= 4 is 23.8 Å². The number of carbonyl (C=O) groups is 4. The van der Waals surface area contributed by atoms with Gasteiger partial charge in [-0.2, -0.15) is 0 Å². The summed E-state index contributed by atoms with van der Waals surface area (Å²) >= 11 is 0. The van der Waals surface area contributed by atoms with Gasteiger partial charge in [-0.3, -0.25) is 19.3 Å². The van der Waals surface area contributed by atoms with Crippen LogP contribution in [0.3, 0.4) is 0 Å². The fraction of sp³-hybridized carbons (Fsp3) is 0.371. The number of rotatable bonds is 4. The van der Waals surface area contributed by atoms with Gasteiger partial charge in [0.25, 0.3) is 11.8 Å². The smallest absolute Gasteiger partial charge is 0.410 e. The molecule has 8 heterocycles. The lowest BCUT2D eigenvalue weighted by Crippen LogP contribution is -2.58. The highest BCUT2D eigenvalue weighted by atomic mass is 16.6. The summed E-state index contributed by atoms with van der Waals surface area (Å²) in [6.07, 6.45) is -0.0551. The summed E-state index contributed by atoms with van der Waals surface area (Å²) in [5, 5.41) is 5.85. The maximum atomic E-state index is 14.0. The molecule has 2 saturated heterocycles. The van der Waals surface area contributed by atoms with Gasteiger partial charge in [-0.05, 0) is 60.2 Å². The van der Waals surface area contributed by atoms with Crippen LogP contribution in [0.2, 0.25) is 0 Å². The quantitative estimate of drug-likeness (QED) is 0.422. The van der Waals surface area contributed by atoms with Gasteiger partial charge >= 0.3 is 6.09 Å². The molecule has 0 unspecified atom stereocenters. The second-order valence-electron chi connectivity index (χ2n) is 11.7. The average molecular weight is 675 g/mol. The minimum Gasteiger partial charge on any atom is -0.493 e. The van der Waals surface area contributed by atoms with Crippen molar-refractivity contribution in [1.29, 1.82) is 0 Å². The first-order chi connectivity index (χ1) is 23.8. The van der Waals surface area contributed by atoms with E-state index in [9.17, 15) is 19.2 Å². The minimum absolute atomic E-state index is 0.0798. The van der Waals surface area contributed by atoms with Gasteiger partial charge in [-0.15, -0.1) is 0 Å². The topological polar surface area (TPSA) is 154 Å². The predicted octanol–water partition coefficient (Wildman–Crippen LogP) is 3.13. The third kappa shape index (κ3) is 7.58. The number of benzene rings is 3. The average Bonchev–Trinajstić information content (AvgIpc) is 3.53. The van der Waals surface area contributed by atoms with Gasteiger partial charge in [0.15, 0.2) is 28.6 Å². The zero-order valence-corrected chi connectivity index (χ0v) is 27.3. The molecule has 14 heteroatoms. The molecule has 11 rings (SSSR count). The number of nitrogens with one attached hydrogen (secondary N) is 2. The lowest BCUT2D eigenvalue weighted by Gasteiger charge is -2.40. The van der Waals surface area contributed by atoms with Crippen molar-refractivity contribution in [2.45, 2.75) is 25.0 Å². The van der Waals surface area contributed by atoms with Crippen LogP contribution in [0.4, 0.5) is 4.79 Å². The van der Waals surface area contributed by atoms with Crippen LogP contribution < -0.4 is 34.3 Å². The summed E-state index contributed by atoms with van der Waals surface area (Å²) in [5.41, 5.74) is -0.139. The van der Waals surface area contributed by atoms with E-state index in [0.717, 1.165) is 5.56 Å². The van der Waals surface area contributed by atoms with Gasteiger partial charge in [0, 0.05) is 38.0 Å². The summed E-state index contributed by atoms with van der Waals surface area (Å²) in [6, 6.07) is 17.0. The van der Waals surface area contributed by atoms with E-state index in [2.05, 4.69) is 10.6 Å². The minimum atomic E-state index is -1.28. The number of hydrogen-bond acceptors (Lipinski definition) is 10. The Morgan fingerprint density at radius 2 is 1.51 bits per heavy atom. The second kappa shape index (κ2) is 14.6. The monoisotopic (exact) mass is 674 g/mol. The van der Waals surface area contributed by atoms with Crippen molar-refractivity contribution in [1.82, 2.24) is 20.4 Å². The van der Waals surface area contributed by atoms with Crippen LogP contribution in [0.5, 0.6) is 34.5 Å². The molecule has 3 aromatic carbocycles. The Morgan fingerprint density at radius 1 is 0.816 bits per heavy atom. The third-order valence-corrected chi connectivity index (χ3v) is 8.63. The van der Waals surface area contributed by atoms with E-state index in [1.165, 1.54) is 19.1 Å². The summed E-state index contributed by atoms with van der Waals surface area (Å²) in [7, 11) is 3.00. The van der Waals surface area contributed by atoms with Gasteiger partial charge in [-0.1, -0.05) is 6.07 Å². The first kappa shape index (κ1) is 33.2. The van der Waals surface area contributed by atoms with Crippen LogP contribution in [0.15, 0.2) is 60.7 Å². The van der Waals surface area contributed by atoms with E-state index >= 15 is 0 Å². The summed E-state index contributed by atoms with van der Waals surface area (Å²) in [5.74, 6) is 1.73. The van der Waals surface area contributed by atoms with Gasteiger partial charge in [0.1, 0.15) is 31.3 Å². The SMILES string of the molecule is COc1cc2ccc1Oc1ccc(cc1OC)C(=O)NCCOc1ccc(cc1)OC1(CCN(C(=O)CN3CCOC3=O)CC1)C(=O)NC2. The number of ether oxygens (including phenoxy) is 6. The molecular formula is C35H38N4O10. The zero-order valence-electron chi connectivity index (χ0n) is 27.3. The Balaban J connectivity index is 1.24. The molecule has 2 fully saturated rings. The number of likely N-dealkylation sites (tertiary alicyclic amines) is 1. The molecular weight excluding hydrogens is 636 g/mol. The maximum Gasteiger partial charge on any atom is 0.410 e. The third-order valence-electron chi connectivity index (χ3n) is 8.63. The molecule has 258 valence electrons. The zero-order chi connectivity index (χ0) is 34.4. The van der Waals surface area contributed by atoms with Crippen molar-refractivity contribution in [3.8, 4) is 34.5 Å². The van der Waals surface area contributed by atoms with E-state index in [-0.39, 0.29) is 76.5 Å². The Hall–Kier alpha value is -5.66. The highest BCUT2D eigenvalue weighted by Gasteiger charge is 2.45. The van der Waals surface area contributed by atoms with Crippen molar-refractivity contribution < 1.29 is 47.6 Å². The fourth-order valence-electron chi connectivity index (χ4n) is 5.85. The molecule has 0 saturated carbocycles.